The van der Waals surface area contributed by atoms with Crippen molar-refractivity contribution >= 4 is 29.2 Å². The smallest absolute Gasteiger partial charge is 0.309 e. The Kier molecular flexibility index (Phi) is 3.82. The van der Waals surface area contributed by atoms with Gasteiger partial charge in [-0.15, -0.1) is 0 Å². The molecule has 0 fully saturated rings. The highest BCUT2D eigenvalue weighted by Crippen LogP contribution is 2.12. The Balaban J connectivity index is 2.03. The third kappa shape index (κ3) is 3.56. The largest absolute Gasteiger partial charge is 0.481 e. The summed E-state index contributed by atoms with van der Waals surface area (Å²) >= 11 is 5.70. The van der Waals surface area contributed by atoms with Gasteiger partial charge in [0.1, 0.15) is 5.69 Å². The minimum atomic E-state index is -0.953. The number of carbonyl (C=O) groups excluding carboxylic acids is 1. The van der Waals surface area contributed by atoms with E-state index in [0.717, 1.165) is 0 Å². The van der Waals surface area contributed by atoms with E-state index in [-0.39, 0.29) is 12.3 Å². The highest BCUT2D eigenvalue weighted by Gasteiger charge is 2.09. The number of H-pyrrole nitrogens is 1. The number of carboxylic acid groups (broad SMARTS) is 1. The number of anilines is 1. The molecule has 0 aliphatic heterocycles. The van der Waals surface area contributed by atoms with Crippen LogP contribution in [0.15, 0.2) is 30.6 Å². The zero-order chi connectivity index (χ0) is 13.8. The molecule has 2 aromatic heterocycles. The number of amides is 1. The van der Waals surface area contributed by atoms with Gasteiger partial charge in [-0.25, -0.2) is 0 Å². The van der Waals surface area contributed by atoms with E-state index in [0.29, 0.717) is 22.1 Å². The fourth-order valence-electron chi connectivity index (χ4n) is 1.46. The first kappa shape index (κ1) is 13.1. The molecule has 0 aliphatic rings. The van der Waals surface area contributed by atoms with Gasteiger partial charge in [0.05, 0.1) is 29.0 Å². The van der Waals surface area contributed by atoms with Crippen LogP contribution in [-0.2, 0) is 11.2 Å². The monoisotopic (exact) mass is 279 g/mol. The summed E-state index contributed by atoms with van der Waals surface area (Å²) in [4.78, 5) is 28.9. The van der Waals surface area contributed by atoms with E-state index in [1.807, 2.05) is 0 Å². The summed E-state index contributed by atoms with van der Waals surface area (Å²) in [7, 11) is 0. The van der Waals surface area contributed by atoms with E-state index in [1.165, 1.54) is 18.5 Å². The van der Waals surface area contributed by atoms with Gasteiger partial charge in [-0.1, -0.05) is 11.6 Å². The third-order valence-electron chi connectivity index (χ3n) is 2.31. The maximum atomic E-state index is 11.8. The number of hydrogen-bond donors (Lipinski definition) is 3. The van der Waals surface area contributed by atoms with Crippen LogP contribution >= 0.6 is 11.6 Å². The quantitative estimate of drug-likeness (QED) is 0.797. The average molecular weight is 280 g/mol. The van der Waals surface area contributed by atoms with Gasteiger partial charge in [-0.3, -0.25) is 14.6 Å². The number of nitrogens with zero attached hydrogens (tertiary/aromatic N) is 1. The van der Waals surface area contributed by atoms with Crippen molar-refractivity contribution in [2.45, 2.75) is 6.42 Å². The molecule has 7 heteroatoms. The molecule has 6 nitrogen and oxygen atoms in total. The Hall–Kier alpha value is -2.34. The molecule has 2 rings (SSSR count). The predicted molar refractivity (Wildman–Crippen MR) is 69.3 cm³/mol. The second-order valence-corrected chi connectivity index (χ2v) is 4.23. The summed E-state index contributed by atoms with van der Waals surface area (Å²) < 4.78 is 0. The number of aliphatic carboxylic acids is 1. The molecule has 1 amide bonds. The lowest BCUT2D eigenvalue weighted by atomic mass is 10.2. The molecular weight excluding hydrogens is 270 g/mol. The Morgan fingerprint density at radius 3 is 2.74 bits per heavy atom. The molecule has 2 heterocycles. The van der Waals surface area contributed by atoms with Crippen LogP contribution in [-0.4, -0.2) is 27.0 Å². The van der Waals surface area contributed by atoms with E-state index in [4.69, 9.17) is 16.7 Å². The van der Waals surface area contributed by atoms with Gasteiger partial charge >= 0.3 is 5.97 Å². The molecule has 0 saturated heterocycles. The lowest BCUT2D eigenvalue weighted by Gasteiger charge is -2.04. The normalized spacial score (nSPS) is 10.2. The predicted octanol–water partition coefficient (Wildman–Crippen LogP) is 1.94. The molecule has 0 unspecified atom stereocenters. The van der Waals surface area contributed by atoms with Crippen molar-refractivity contribution in [1.29, 1.82) is 0 Å². The first-order chi connectivity index (χ1) is 9.04. The Morgan fingerprint density at radius 1 is 1.42 bits per heavy atom. The summed E-state index contributed by atoms with van der Waals surface area (Å²) in [5.74, 6) is -1.30. The molecule has 19 heavy (non-hydrogen) atoms. The van der Waals surface area contributed by atoms with Crippen LogP contribution in [0.1, 0.15) is 16.2 Å². The molecule has 0 radical (unpaired) electrons. The molecular formula is C12H10ClN3O3. The molecule has 0 bridgehead atoms. The van der Waals surface area contributed by atoms with Crippen molar-refractivity contribution in [3.8, 4) is 0 Å². The van der Waals surface area contributed by atoms with Crippen LogP contribution in [0.2, 0.25) is 5.02 Å². The summed E-state index contributed by atoms with van der Waals surface area (Å²) in [6.07, 6.45) is 2.76. The maximum absolute atomic E-state index is 11.8. The molecule has 3 N–H and O–H groups in total. The van der Waals surface area contributed by atoms with Gasteiger partial charge < -0.3 is 15.4 Å². The Labute approximate surface area is 113 Å². The van der Waals surface area contributed by atoms with Crippen LogP contribution in [0.25, 0.3) is 0 Å². The number of aromatic amines is 1. The summed E-state index contributed by atoms with van der Waals surface area (Å²) in [6.45, 7) is 0. The van der Waals surface area contributed by atoms with Crippen LogP contribution in [0.3, 0.4) is 0 Å². The highest BCUT2D eigenvalue weighted by molar-refractivity contribution is 6.31. The third-order valence-corrected chi connectivity index (χ3v) is 2.53. The van der Waals surface area contributed by atoms with Crippen LogP contribution in [0.5, 0.6) is 0 Å². The fraction of sp³-hybridized carbons (Fsp3) is 0.0833. The number of carbonyl (C=O) groups is 2. The van der Waals surface area contributed by atoms with Gasteiger partial charge in [0.15, 0.2) is 0 Å². The van der Waals surface area contributed by atoms with Crippen LogP contribution in [0.4, 0.5) is 5.69 Å². The topological polar surface area (TPSA) is 95.1 Å². The maximum Gasteiger partial charge on any atom is 0.309 e. The lowest BCUT2D eigenvalue weighted by molar-refractivity contribution is -0.136. The van der Waals surface area contributed by atoms with E-state index in [9.17, 15) is 9.59 Å². The number of carboxylic acids is 1. The summed E-state index contributed by atoms with van der Waals surface area (Å²) in [6, 6.07) is 4.64. The molecule has 98 valence electrons. The zero-order valence-electron chi connectivity index (χ0n) is 9.68. The van der Waals surface area contributed by atoms with Crippen molar-refractivity contribution in [3.05, 3.63) is 47.0 Å². The van der Waals surface area contributed by atoms with E-state index in [1.54, 1.807) is 12.1 Å². The second kappa shape index (κ2) is 5.53. The molecule has 2 aromatic rings. The number of nitrogens with one attached hydrogen (secondary N) is 2. The Bertz CT molecular complexity index is 607. The summed E-state index contributed by atoms with van der Waals surface area (Å²) in [5.41, 5.74) is 1.23. The SMILES string of the molecule is O=C(O)Cc1ccc(NC(=O)c2cc(Cl)c[nH]2)cn1. The standard InChI is InChI=1S/C12H10ClN3O3/c13-7-3-10(15-5-7)12(19)16-9-2-1-8(14-6-9)4-11(17)18/h1-3,5-6,15H,4H2,(H,16,19)(H,17,18). The van der Waals surface area contributed by atoms with Crippen LogP contribution in [0, 0.1) is 0 Å². The number of halogens is 1. The molecule has 0 atom stereocenters. The van der Waals surface area contributed by atoms with Gasteiger partial charge in [0.25, 0.3) is 5.91 Å². The van der Waals surface area contributed by atoms with Crippen molar-refractivity contribution in [2.75, 3.05) is 5.32 Å². The summed E-state index contributed by atoms with van der Waals surface area (Å²) in [5, 5.41) is 11.7. The van der Waals surface area contributed by atoms with Gasteiger partial charge in [0, 0.05) is 6.20 Å². The van der Waals surface area contributed by atoms with Gasteiger partial charge in [-0.2, -0.15) is 0 Å². The Morgan fingerprint density at radius 2 is 2.21 bits per heavy atom. The first-order valence-corrected chi connectivity index (χ1v) is 5.74. The number of pyridine rings is 1. The minimum absolute atomic E-state index is 0.152. The first-order valence-electron chi connectivity index (χ1n) is 5.36. The van der Waals surface area contributed by atoms with E-state index < -0.39 is 5.97 Å². The molecule has 0 aliphatic carbocycles. The minimum Gasteiger partial charge on any atom is -0.481 e. The van der Waals surface area contributed by atoms with Crippen molar-refractivity contribution in [2.24, 2.45) is 0 Å². The van der Waals surface area contributed by atoms with Crippen molar-refractivity contribution in [1.82, 2.24) is 9.97 Å². The second-order valence-electron chi connectivity index (χ2n) is 3.79. The van der Waals surface area contributed by atoms with Gasteiger partial charge in [0.2, 0.25) is 0 Å². The average Bonchev–Trinajstić information content (AvgIpc) is 2.78. The number of aromatic nitrogens is 2. The van der Waals surface area contributed by atoms with Gasteiger partial charge in [-0.05, 0) is 18.2 Å². The number of rotatable bonds is 4. The molecule has 0 saturated carbocycles. The fourth-order valence-corrected chi connectivity index (χ4v) is 1.62. The van der Waals surface area contributed by atoms with E-state index >= 15 is 0 Å². The van der Waals surface area contributed by atoms with Crippen LogP contribution < -0.4 is 5.32 Å². The number of hydrogen-bond acceptors (Lipinski definition) is 3. The molecule has 0 spiro atoms. The zero-order valence-corrected chi connectivity index (χ0v) is 10.4. The molecule has 0 aromatic carbocycles. The van der Waals surface area contributed by atoms with E-state index in [2.05, 4.69) is 15.3 Å². The lowest BCUT2D eigenvalue weighted by Crippen LogP contribution is -2.12. The van der Waals surface area contributed by atoms with Crippen molar-refractivity contribution < 1.29 is 14.7 Å². The highest BCUT2D eigenvalue weighted by atomic mass is 35.5. The van der Waals surface area contributed by atoms with Crippen molar-refractivity contribution in [3.63, 3.8) is 0 Å².